The number of aryl methyl sites for hydroxylation is 1. The van der Waals surface area contributed by atoms with Crippen LogP contribution in [0, 0.1) is 0 Å². The second kappa shape index (κ2) is 7.79. The highest BCUT2D eigenvalue weighted by molar-refractivity contribution is 5.74. The standard InChI is InChI=1S/C17H20N6O3/c1-23-10-11(9-20-23)8-19-13(7-15(18)24)17-22-21-16(26-17)12-5-3-4-6-14(12)25-2/h3-6,9-10,13,19H,7-8H2,1-2H3,(H2,18,24)/t13-/m0/s1. The zero-order chi connectivity index (χ0) is 18.5. The fourth-order valence-electron chi connectivity index (χ4n) is 2.56. The smallest absolute Gasteiger partial charge is 0.251 e. The molecule has 1 atom stereocenters. The molecule has 136 valence electrons. The van der Waals surface area contributed by atoms with Crippen LogP contribution in [-0.4, -0.2) is 33.0 Å². The first kappa shape index (κ1) is 17.6. The molecule has 0 aliphatic carbocycles. The molecule has 1 aromatic carbocycles. The minimum atomic E-state index is -0.497. The van der Waals surface area contributed by atoms with Crippen LogP contribution >= 0.6 is 0 Å². The molecule has 2 aromatic heterocycles. The van der Waals surface area contributed by atoms with Crippen LogP contribution < -0.4 is 15.8 Å². The summed E-state index contributed by atoms with van der Waals surface area (Å²) in [6, 6.07) is 6.83. The van der Waals surface area contributed by atoms with Crippen LogP contribution in [0.5, 0.6) is 5.75 Å². The molecule has 3 rings (SSSR count). The molecule has 0 unspecified atom stereocenters. The Morgan fingerprint density at radius 2 is 2.19 bits per heavy atom. The number of nitrogens with zero attached hydrogens (tertiary/aromatic N) is 4. The Hall–Kier alpha value is -3.20. The SMILES string of the molecule is COc1ccccc1-c1nnc([C@H](CC(N)=O)NCc2cnn(C)c2)o1. The number of nitrogens with two attached hydrogens (primary N) is 1. The van der Waals surface area contributed by atoms with E-state index in [1.54, 1.807) is 24.1 Å². The molecule has 0 fully saturated rings. The van der Waals surface area contributed by atoms with E-state index in [4.69, 9.17) is 14.9 Å². The van der Waals surface area contributed by atoms with Crippen LogP contribution in [0.25, 0.3) is 11.5 Å². The number of carbonyl (C=O) groups excluding carboxylic acids is 1. The van der Waals surface area contributed by atoms with Gasteiger partial charge in [0.1, 0.15) is 5.75 Å². The fourth-order valence-corrected chi connectivity index (χ4v) is 2.56. The van der Waals surface area contributed by atoms with E-state index in [0.717, 1.165) is 5.56 Å². The van der Waals surface area contributed by atoms with Gasteiger partial charge in [-0.25, -0.2) is 0 Å². The van der Waals surface area contributed by atoms with E-state index in [-0.39, 0.29) is 12.3 Å². The van der Waals surface area contributed by atoms with Crippen LogP contribution in [0.2, 0.25) is 0 Å². The largest absolute Gasteiger partial charge is 0.496 e. The van der Waals surface area contributed by atoms with Gasteiger partial charge in [0.15, 0.2) is 0 Å². The number of carbonyl (C=O) groups is 1. The van der Waals surface area contributed by atoms with Crippen LogP contribution in [0.4, 0.5) is 0 Å². The third kappa shape index (κ3) is 4.06. The molecule has 26 heavy (non-hydrogen) atoms. The fraction of sp³-hybridized carbons (Fsp3) is 0.294. The highest BCUT2D eigenvalue weighted by Gasteiger charge is 2.22. The van der Waals surface area contributed by atoms with Crippen molar-refractivity contribution in [1.82, 2.24) is 25.3 Å². The van der Waals surface area contributed by atoms with Crippen molar-refractivity contribution in [3.63, 3.8) is 0 Å². The molecule has 0 radical (unpaired) electrons. The second-order valence-electron chi connectivity index (χ2n) is 5.77. The molecule has 0 saturated heterocycles. The van der Waals surface area contributed by atoms with Crippen molar-refractivity contribution in [3.8, 4) is 17.2 Å². The van der Waals surface area contributed by atoms with Crippen LogP contribution in [-0.2, 0) is 18.4 Å². The lowest BCUT2D eigenvalue weighted by molar-refractivity contribution is -0.118. The van der Waals surface area contributed by atoms with Gasteiger partial charge in [0, 0.05) is 25.4 Å². The van der Waals surface area contributed by atoms with E-state index in [2.05, 4.69) is 20.6 Å². The summed E-state index contributed by atoms with van der Waals surface area (Å²) in [4.78, 5) is 11.4. The topological polar surface area (TPSA) is 121 Å². The van der Waals surface area contributed by atoms with Crippen molar-refractivity contribution < 1.29 is 13.9 Å². The summed E-state index contributed by atoms with van der Waals surface area (Å²) >= 11 is 0. The first-order valence-corrected chi connectivity index (χ1v) is 8.03. The molecule has 0 saturated carbocycles. The minimum absolute atomic E-state index is 0.0355. The number of benzene rings is 1. The van der Waals surface area contributed by atoms with E-state index in [9.17, 15) is 4.79 Å². The maximum absolute atomic E-state index is 11.4. The lowest BCUT2D eigenvalue weighted by Crippen LogP contribution is -2.26. The lowest BCUT2D eigenvalue weighted by atomic mass is 10.2. The third-order valence-electron chi connectivity index (χ3n) is 3.79. The van der Waals surface area contributed by atoms with Crippen LogP contribution in [0.15, 0.2) is 41.1 Å². The molecule has 2 heterocycles. The van der Waals surface area contributed by atoms with Gasteiger partial charge in [-0.3, -0.25) is 9.48 Å². The minimum Gasteiger partial charge on any atom is -0.496 e. The number of ether oxygens (including phenoxy) is 1. The third-order valence-corrected chi connectivity index (χ3v) is 3.79. The van der Waals surface area contributed by atoms with Crippen molar-refractivity contribution in [2.45, 2.75) is 19.0 Å². The molecule has 3 N–H and O–H groups in total. The molecular formula is C17H20N6O3. The molecule has 1 amide bonds. The Bertz CT molecular complexity index is 888. The number of para-hydroxylation sites is 1. The average molecular weight is 356 g/mol. The van der Waals surface area contributed by atoms with Crippen molar-refractivity contribution in [2.75, 3.05) is 7.11 Å². The summed E-state index contributed by atoms with van der Waals surface area (Å²) < 4.78 is 12.8. The zero-order valence-electron chi connectivity index (χ0n) is 14.5. The van der Waals surface area contributed by atoms with Crippen molar-refractivity contribution in [3.05, 3.63) is 48.1 Å². The maximum Gasteiger partial charge on any atom is 0.251 e. The van der Waals surface area contributed by atoms with Crippen molar-refractivity contribution >= 4 is 5.91 Å². The average Bonchev–Trinajstić information content (AvgIpc) is 3.27. The molecule has 9 heteroatoms. The van der Waals surface area contributed by atoms with Crippen LogP contribution in [0.3, 0.4) is 0 Å². The number of hydrogen-bond donors (Lipinski definition) is 2. The number of nitrogens with one attached hydrogen (secondary N) is 1. The van der Waals surface area contributed by atoms with E-state index < -0.39 is 11.9 Å². The van der Waals surface area contributed by atoms with Crippen molar-refractivity contribution in [2.24, 2.45) is 12.8 Å². The molecule has 9 nitrogen and oxygen atoms in total. The summed E-state index contributed by atoms with van der Waals surface area (Å²) in [7, 11) is 3.41. The van der Waals surface area contributed by atoms with Gasteiger partial charge < -0.3 is 20.2 Å². The van der Waals surface area contributed by atoms with E-state index in [1.165, 1.54) is 0 Å². The monoisotopic (exact) mass is 356 g/mol. The molecule has 0 aliphatic rings. The van der Waals surface area contributed by atoms with E-state index in [1.807, 2.05) is 31.4 Å². The van der Waals surface area contributed by atoms with Crippen LogP contribution in [0.1, 0.15) is 23.9 Å². The predicted octanol–water partition coefficient (Wildman–Crippen LogP) is 1.18. The number of aromatic nitrogens is 4. The molecule has 0 bridgehead atoms. The number of methoxy groups -OCH3 is 1. The van der Waals surface area contributed by atoms with Gasteiger partial charge in [-0.05, 0) is 12.1 Å². The molecule has 0 spiro atoms. The molecule has 0 aliphatic heterocycles. The number of hydrogen-bond acceptors (Lipinski definition) is 7. The van der Waals surface area contributed by atoms with Gasteiger partial charge in [-0.2, -0.15) is 5.10 Å². The summed E-state index contributed by atoms with van der Waals surface area (Å²) in [5.41, 5.74) is 7.01. The zero-order valence-corrected chi connectivity index (χ0v) is 14.5. The first-order chi connectivity index (χ1) is 12.6. The Morgan fingerprint density at radius 3 is 2.88 bits per heavy atom. The maximum atomic E-state index is 11.4. The second-order valence-corrected chi connectivity index (χ2v) is 5.77. The van der Waals surface area contributed by atoms with E-state index >= 15 is 0 Å². The lowest BCUT2D eigenvalue weighted by Gasteiger charge is -2.12. The Morgan fingerprint density at radius 1 is 1.38 bits per heavy atom. The van der Waals surface area contributed by atoms with Gasteiger partial charge in [0.25, 0.3) is 5.89 Å². The summed E-state index contributed by atoms with van der Waals surface area (Å²) in [5, 5.41) is 15.5. The quantitative estimate of drug-likeness (QED) is 0.621. The predicted molar refractivity (Wildman–Crippen MR) is 92.9 cm³/mol. The Balaban J connectivity index is 1.80. The van der Waals surface area contributed by atoms with E-state index in [0.29, 0.717) is 23.7 Å². The van der Waals surface area contributed by atoms with Gasteiger partial charge in [-0.1, -0.05) is 12.1 Å². The van der Waals surface area contributed by atoms with Gasteiger partial charge in [0.2, 0.25) is 11.8 Å². The van der Waals surface area contributed by atoms with Gasteiger partial charge in [0.05, 0.1) is 31.3 Å². The number of primary amides is 1. The Labute approximate surface area is 150 Å². The van der Waals surface area contributed by atoms with Gasteiger partial charge >= 0.3 is 0 Å². The first-order valence-electron chi connectivity index (χ1n) is 8.03. The Kier molecular flexibility index (Phi) is 5.28. The van der Waals surface area contributed by atoms with Crippen molar-refractivity contribution in [1.29, 1.82) is 0 Å². The molecule has 3 aromatic rings. The molecular weight excluding hydrogens is 336 g/mol. The van der Waals surface area contributed by atoms with Gasteiger partial charge in [-0.15, -0.1) is 10.2 Å². The summed E-state index contributed by atoms with van der Waals surface area (Å²) in [6.07, 6.45) is 3.65. The number of rotatable bonds is 8. The summed E-state index contributed by atoms with van der Waals surface area (Å²) in [5.74, 6) is 0.756. The number of amides is 1. The highest BCUT2D eigenvalue weighted by Crippen LogP contribution is 2.29. The normalized spacial score (nSPS) is 12.1. The summed E-state index contributed by atoms with van der Waals surface area (Å²) in [6.45, 7) is 0.484. The highest BCUT2D eigenvalue weighted by atomic mass is 16.5.